The molecule has 0 rings (SSSR count). The van der Waals surface area contributed by atoms with Crippen LogP contribution in [0.3, 0.4) is 0 Å². The summed E-state index contributed by atoms with van der Waals surface area (Å²) in [6, 6.07) is 0. The lowest BCUT2D eigenvalue weighted by Crippen LogP contribution is -2.21. The van der Waals surface area contributed by atoms with Crippen molar-refractivity contribution in [3.8, 4) is 0 Å². The molecular weight excluding hydrogens is 146 g/mol. The van der Waals surface area contributed by atoms with Crippen LogP contribution in [-0.2, 0) is 0 Å². The summed E-state index contributed by atoms with van der Waals surface area (Å²) in [5.41, 5.74) is 0. The highest BCUT2D eigenvalue weighted by Crippen LogP contribution is 2.15. The molecule has 0 heterocycles. The molecule has 0 radical (unpaired) electrons. The molecule has 0 aliphatic heterocycles. The van der Waals surface area contributed by atoms with Crippen molar-refractivity contribution in [2.75, 3.05) is 13.1 Å². The van der Waals surface area contributed by atoms with Crippen LogP contribution in [0.15, 0.2) is 0 Å². The Balaban J connectivity index is 3.33. The standard InChI is InChI=1S/C11H25N/c1-5-7-10(3)8-11(4)9-12-6-2/h10-12H,5-9H2,1-4H3. The lowest BCUT2D eigenvalue weighted by atomic mass is 9.94. The maximum absolute atomic E-state index is 3.40. The van der Waals surface area contributed by atoms with Gasteiger partial charge in [-0.15, -0.1) is 0 Å². The average molecular weight is 171 g/mol. The Morgan fingerprint density at radius 3 is 2.25 bits per heavy atom. The topological polar surface area (TPSA) is 12.0 Å². The maximum atomic E-state index is 3.40. The highest BCUT2D eigenvalue weighted by atomic mass is 14.8. The second-order valence-corrected chi connectivity index (χ2v) is 4.04. The maximum Gasteiger partial charge on any atom is -0.00232 e. The molecule has 0 aliphatic carbocycles. The molecule has 74 valence electrons. The van der Waals surface area contributed by atoms with E-state index in [1.165, 1.54) is 25.8 Å². The molecule has 1 nitrogen and oxygen atoms in total. The lowest BCUT2D eigenvalue weighted by molar-refractivity contribution is 0.379. The van der Waals surface area contributed by atoms with Gasteiger partial charge in [0, 0.05) is 0 Å². The Hall–Kier alpha value is -0.0400. The number of rotatable bonds is 7. The van der Waals surface area contributed by atoms with Crippen molar-refractivity contribution < 1.29 is 0 Å². The highest BCUT2D eigenvalue weighted by Gasteiger charge is 2.06. The highest BCUT2D eigenvalue weighted by molar-refractivity contribution is 4.61. The Kier molecular flexibility index (Phi) is 7.58. The summed E-state index contributed by atoms with van der Waals surface area (Å²) in [6.07, 6.45) is 4.09. The summed E-state index contributed by atoms with van der Waals surface area (Å²) in [5, 5.41) is 3.40. The predicted molar refractivity (Wildman–Crippen MR) is 56.4 cm³/mol. The number of hydrogen-bond acceptors (Lipinski definition) is 1. The molecule has 0 aliphatic rings. The van der Waals surface area contributed by atoms with Crippen molar-refractivity contribution in [3.05, 3.63) is 0 Å². The molecule has 0 amide bonds. The van der Waals surface area contributed by atoms with E-state index in [1.807, 2.05) is 0 Å². The third-order valence-corrected chi connectivity index (χ3v) is 2.33. The molecule has 0 fully saturated rings. The molecule has 0 saturated carbocycles. The van der Waals surface area contributed by atoms with Crippen molar-refractivity contribution in [1.82, 2.24) is 5.32 Å². The minimum absolute atomic E-state index is 0.839. The Bertz CT molecular complexity index is 91.0. The van der Waals surface area contributed by atoms with Gasteiger partial charge in [-0.25, -0.2) is 0 Å². The van der Waals surface area contributed by atoms with Gasteiger partial charge in [0.05, 0.1) is 0 Å². The first kappa shape index (κ1) is 12.0. The van der Waals surface area contributed by atoms with E-state index in [4.69, 9.17) is 0 Å². The number of nitrogens with one attached hydrogen (secondary N) is 1. The van der Waals surface area contributed by atoms with Crippen LogP contribution in [0.4, 0.5) is 0 Å². The van der Waals surface area contributed by atoms with E-state index < -0.39 is 0 Å². The molecule has 0 aromatic carbocycles. The second-order valence-electron chi connectivity index (χ2n) is 4.04. The molecule has 0 aromatic rings. The van der Waals surface area contributed by atoms with Crippen LogP contribution in [-0.4, -0.2) is 13.1 Å². The lowest BCUT2D eigenvalue weighted by Gasteiger charge is -2.16. The van der Waals surface area contributed by atoms with Crippen LogP contribution < -0.4 is 5.32 Å². The van der Waals surface area contributed by atoms with Crippen molar-refractivity contribution in [1.29, 1.82) is 0 Å². The van der Waals surface area contributed by atoms with E-state index in [-0.39, 0.29) is 0 Å². The molecule has 12 heavy (non-hydrogen) atoms. The average Bonchev–Trinajstić information content (AvgIpc) is 2.01. The van der Waals surface area contributed by atoms with E-state index in [0.717, 1.165) is 18.4 Å². The molecule has 0 aromatic heterocycles. The van der Waals surface area contributed by atoms with Gasteiger partial charge in [0.2, 0.25) is 0 Å². The van der Waals surface area contributed by atoms with Gasteiger partial charge in [0.1, 0.15) is 0 Å². The van der Waals surface area contributed by atoms with Crippen molar-refractivity contribution >= 4 is 0 Å². The zero-order chi connectivity index (χ0) is 9.40. The monoisotopic (exact) mass is 171 g/mol. The fourth-order valence-electron chi connectivity index (χ4n) is 1.77. The molecule has 2 atom stereocenters. The van der Waals surface area contributed by atoms with Gasteiger partial charge in [-0.05, 0) is 31.3 Å². The molecule has 1 heteroatoms. The van der Waals surface area contributed by atoms with Gasteiger partial charge < -0.3 is 5.32 Å². The molecule has 0 spiro atoms. The summed E-state index contributed by atoms with van der Waals surface area (Å²) in [5.74, 6) is 1.75. The zero-order valence-corrected chi connectivity index (χ0v) is 9.19. The summed E-state index contributed by atoms with van der Waals surface area (Å²) >= 11 is 0. The van der Waals surface area contributed by atoms with Crippen molar-refractivity contribution in [2.24, 2.45) is 11.8 Å². The van der Waals surface area contributed by atoms with E-state index in [2.05, 4.69) is 33.0 Å². The third kappa shape index (κ3) is 6.66. The fourth-order valence-corrected chi connectivity index (χ4v) is 1.77. The van der Waals surface area contributed by atoms with Crippen LogP contribution in [0.1, 0.15) is 47.0 Å². The van der Waals surface area contributed by atoms with Crippen molar-refractivity contribution in [2.45, 2.75) is 47.0 Å². The molecule has 1 N–H and O–H groups in total. The second kappa shape index (κ2) is 7.60. The quantitative estimate of drug-likeness (QED) is 0.621. The van der Waals surface area contributed by atoms with Crippen LogP contribution in [0.5, 0.6) is 0 Å². The van der Waals surface area contributed by atoms with Crippen molar-refractivity contribution in [3.63, 3.8) is 0 Å². The van der Waals surface area contributed by atoms with Crippen LogP contribution >= 0.6 is 0 Å². The van der Waals surface area contributed by atoms with Gasteiger partial charge in [0.25, 0.3) is 0 Å². The van der Waals surface area contributed by atoms with Gasteiger partial charge in [-0.3, -0.25) is 0 Å². The summed E-state index contributed by atoms with van der Waals surface area (Å²) in [6.45, 7) is 11.4. The Morgan fingerprint density at radius 1 is 1.08 bits per heavy atom. The van der Waals surface area contributed by atoms with Gasteiger partial charge >= 0.3 is 0 Å². The predicted octanol–water partition coefficient (Wildman–Crippen LogP) is 3.06. The fraction of sp³-hybridized carbons (Fsp3) is 1.00. The van der Waals surface area contributed by atoms with Gasteiger partial charge in [-0.2, -0.15) is 0 Å². The van der Waals surface area contributed by atoms with E-state index >= 15 is 0 Å². The summed E-state index contributed by atoms with van der Waals surface area (Å²) in [7, 11) is 0. The first-order chi connectivity index (χ1) is 5.70. The van der Waals surface area contributed by atoms with Gasteiger partial charge in [0.15, 0.2) is 0 Å². The van der Waals surface area contributed by atoms with Crippen LogP contribution in [0.25, 0.3) is 0 Å². The molecule has 0 bridgehead atoms. The van der Waals surface area contributed by atoms with E-state index in [9.17, 15) is 0 Å². The largest absolute Gasteiger partial charge is 0.317 e. The minimum atomic E-state index is 0.839. The van der Waals surface area contributed by atoms with E-state index in [1.54, 1.807) is 0 Å². The Morgan fingerprint density at radius 2 is 1.75 bits per heavy atom. The van der Waals surface area contributed by atoms with Crippen LogP contribution in [0.2, 0.25) is 0 Å². The SMILES string of the molecule is CCCC(C)CC(C)CNCC. The molecule has 0 saturated heterocycles. The molecular formula is C11H25N. The summed E-state index contributed by atoms with van der Waals surface area (Å²) < 4.78 is 0. The normalized spacial score (nSPS) is 16.0. The first-order valence-corrected chi connectivity index (χ1v) is 5.41. The Labute approximate surface area is 77.9 Å². The zero-order valence-electron chi connectivity index (χ0n) is 9.19. The third-order valence-electron chi connectivity index (χ3n) is 2.33. The van der Waals surface area contributed by atoms with Crippen LogP contribution in [0, 0.1) is 11.8 Å². The van der Waals surface area contributed by atoms with Gasteiger partial charge in [-0.1, -0.05) is 40.5 Å². The summed E-state index contributed by atoms with van der Waals surface area (Å²) in [4.78, 5) is 0. The smallest absolute Gasteiger partial charge is 0.00232 e. The minimum Gasteiger partial charge on any atom is -0.317 e. The van der Waals surface area contributed by atoms with E-state index in [0.29, 0.717) is 0 Å². The molecule has 2 unspecified atom stereocenters. The first-order valence-electron chi connectivity index (χ1n) is 5.41. The number of hydrogen-bond donors (Lipinski definition) is 1.